The van der Waals surface area contributed by atoms with Gasteiger partial charge in [-0.1, -0.05) is 13.3 Å². The maximum Gasteiger partial charge on any atom is 0.166 e. The SMILES string of the molecule is CC1CCC(Cn2cccc2C=O)C1. The quantitative estimate of drug-likeness (QED) is 0.673. The molecule has 0 N–H and O–H groups in total. The van der Waals surface area contributed by atoms with E-state index in [2.05, 4.69) is 11.5 Å². The summed E-state index contributed by atoms with van der Waals surface area (Å²) >= 11 is 0. The molecule has 0 amide bonds. The molecule has 1 aliphatic rings. The largest absolute Gasteiger partial charge is 0.345 e. The molecule has 1 heterocycles. The molecule has 0 saturated heterocycles. The standard InChI is InChI=1S/C12H17NO/c1-10-4-5-11(7-10)8-13-6-2-3-12(13)9-14/h2-3,6,9-11H,4-5,7-8H2,1H3. The molecule has 2 nitrogen and oxygen atoms in total. The molecule has 1 saturated carbocycles. The van der Waals surface area contributed by atoms with Crippen LogP contribution < -0.4 is 0 Å². The highest BCUT2D eigenvalue weighted by Crippen LogP contribution is 2.31. The second-order valence-electron chi connectivity index (χ2n) is 4.49. The second-order valence-corrected chi connectivity index (χ2v) is 4.49. The lowest BCUT2D eigenvalue weighted by molar-refractivity contribution is 0.111. The van der Waals surface area contributed by atoms with E-state index in [0.29, 0.717) is 0 Å². The van der Waals surface area contributed by atoms with Crippen molar-refractivity contribution in [3.63, 3.8) is 0 Å². The first kappa shape index (κ1) is 9.50. The van der Waals surface area contributed by atoms with Crippen LogP contribution in [0.3, 0.4) is 0 Å². The Labute approximate surface area is 84.9 Å². The number of aldehydes is 1. The fourth-order valence-electron chi connectivity index (χ4n) is 2.47. The van der Waals surface area contributed by atoms with Gasteiger partial charge in [-0.3, -0.25) is 4.79 Å². The molecule has 14 heavy (non-hydrogen) atoms. The van der Waals surface area contributed by atoms with Gasteiger partial charge in [0, 0.05) is 12.7 Å². The maximum atomic E-state index is 10.7. The van der Waals surface area contributed by atoms with E-state index in [-0.39, 0.29) is 0 Å². The van der Waals surface area contributed by atoms with Crippen LogP contribution in [0.25, 0.3) is 0 Å². The molecule has 2 atom stereocenters. The Hall–Kier alpha value is -1.05. The van der Waals surface area contributed by atoms with Gasteiger partial charge in [-0.2, -0.15) is 0 Å². The molecule has 1 aromatic heterocycles. The van der Waals surface area contributed by atoms with E-state index < -0.39 is 0 Å². The van der Waals surface area contributed by atoms with Gasteiger partial charge in [0.25, 0.3) is 0 Å². The Balaban J connectivity index is 2.00. The van der Waals surface area contributed by atoms with E-state index in [4.69, 9.17) is 0 Å². The molecular formula is C12H17NO. The van der Waals surface area contributed by atoms with Crippen molar-refractivity contribution >= 4 is 6.29 Å². The summed E-state index contributed by atoms with van der Waals surface area (Å²) in [5.41, 5.74) is 0.810. The number of carbonyl (C=O) groups excluding carboxylic acids is 1. The van der Waals surface area contributed by atoms with Gasteiger partial charge in [-0.15, -0.1) is 0 Å². The molecule has 1 aliphatic carbocycles. The van der Waals surface area contributed by atoms with Crippen molar-refractivity contribution in [3.05, 3.63) is 24.0 Å². The lowest BCUT2D eigenvalue weighted by Crippen LogP contribution is -2.09. The molecule has 0 aromatic carbocycles. The van der Waals surface area contributed by atoms with E-state index in [0.717, 1.165) is 30.4 Å². The summed E-state index contributed by atoms with van der Waals surface area (Å²) in [7, 11) is 0. The molecule has 0 bridgehead atoms. The van der Waals surface area contributed by atoms with Gasteiger partial charge >= 0.3 is 0 Å². The molecule has 0 radical (unpaired) electrons. The zero-order valence-corrected chi connectivity index (χ0v) is 8.65. The maximum absolute atomic E-state index is 10.7. The van der Waals surface area contributed by atoms with Crippen molar-refractivity contribution in [1.82, 2.24) is 4.57 Å². The first-order chi connectivity index (χ1) is 6.79. The van der Waals surface area contributed by atoms with Crippen LogP contribution in [-0.4, -0.2) is 10.9 Å². The third kappa shape index (κ3) is 1.89. The van der Waals surface area contributed by atoms with E-state index in [9.17, 15) is 4.79 Å². The fourth-order valence-corrected chi connectivity index (χ4v) is 2.47. The van der Waals surface area contributed by atoms with Crippen LogP contribution in [0.2, 0.25) is 0 Å². The van der Waals surface area contributed by atoms with Crippen LogP contribution in [0.15, 0.2) is 18.3 Å². The van der Waals surface area contributed by atoms with Crippen molar-refractivity contribution in [2.75, 3.05) is 0 Å². The van der Waals surface area contributed by atoms with Crippen LogP contribution in [0, 0.1) is 11.8 Å². The van der Waals surface area contributed by atoms with Crippen LogP contribution in [0.1, 0.15) is 36.7 Å². The third-order valence-corrected chi connectivity index (χ3v) is 3.24. The molecule has 2 heteroatoms. The Bertz CT molecular complexity index is 316. The topological polar surface area (TPSA) is 22.0 Å². The van der Waals surface area contributed by atoms with E-state index in [1.165, 1.54) is 19.3 Å². The predicted octanol–water partition coefficient (Wildman–Crippen LogP) is 2.74. The summed E-state index contributed by atoms with van der Waals surface area (Å²) in [4.78, 5) is 10.7. The Morgan fingerprint density at radius 3 is 3.07 bits per heavy atom. The Morgan fingerprint density at radius 1 is 1.57 bits per heavy atom. The van der Waals surface area contributed by atoms with E-state index >= 15 is 0 Å². The van der Waals surface area contributed by atoms with Gasteiger partial charge in [0.15, 0.2) is 6.29 Å². The van der Waals surface area contributed by atoms with Crippen LogP contribution >= 0.6 is 0 Å². The zero-order valence-electron chi connectivity index (χ0n) is 8.65. The molecule has 76 valence electrons. The van der Waals surface area contributed by atoms with Crippen molar-refractivity contribution < 1.29 is 4.79 Å². The summed E-state index contributed by atoms with van der Waals surface area (Å²) in [6, 6.07) is 3.83. The summed E-state index contributed by atoms with van der Waals surface area (Å²) in [6.45, 7) is 3.34. The molecule has 0 spiro atoms. The van der Waals surface area contributed by atoms with Gasteiger partial charge in [0.1, 0.15) is 0 Å². The van der Waals surface area contributed by atoms with Crippen molar-refractivity contribution in [2.24, 2.45) is 11.8 Å². The molecular weight excluding hydrogens is 174 g/mol. The number of carbonyl (C=O) groups is 1. The molecule has 0 aliphatic heterocycles. The number of hydrogen-bond donors (Lipinski definition) is 0. The first-order valence-electron chi connectivity index (χ1n) is 5.40. The number of nitrogens with zero attached hydrogens (tertiary/aromatic N) is 1. The van der Waals surface area contributed by atoms with Crippen molar-refractivity contribution in [2.45, 2.75) is 32.7 Å². The smallest absolute Gasteiger partial charge is 0.166 e. The van der Waals surface area contributed by atoms with Crippen molar-refractivity contribution in [1.29, 1.82) is 0 Å². The predicted molar refractivity (Wildman–Crippen MR) is 56.3 cm³/mol. The summed E-state index contributed by atoms with van der Waals surface area (Å²) in [5, 5.41) is 0. The van der Waals surface area contributed by atoms with Gasteiger partial charge in [0.05, 0.1) is 5.69 Å². The van der Waals surface area contributed by atoms with Gasteiger partial charge < -0.3 is 4.57 Å². The minimum absolute atomic E-state index is 0.774. The third-order valence-electron chi connectivity index (χ3n) is 3.24. The summed E-state index contributed by atoms with van der Waals surface area (Å²) in [5.74, 6) is 1.64. The second kappa shape index (κ2) is 3.99. The molecule has 2 unspecified atom stereocenters. The minimum atomic E-state index is 0.774. The van der Waals surface area contributed by atoms with Crippen molar-refractivity contribution in [3.8, 4) is 0 Å². The summed E-state index contributed by atoms with van der Waals surface area (Å²) < 4.78 is 2.08. The average Bonchev–Trinajstić information content (AvgIpc) is 2.76. The van der Waals surface area contributed by atoms with Crippen LogP contribution in [0.5, 0.6) is 0 Å². The van der Waals surface area contributed by atoms with Gasteiger partial charge in [-0.25, -0.2) is 0 Å². The summed E-state index contributed by atoms with van der Waals surface area (Å²) in [6.07, 6.45) is 6.93. The lowest BCUT2D eigenvalue weighted by Gasteiger charge is -2.11. The molecule has 2 rings (SSSR count). The van der Waals surface area contributed by atoms with Gasteiger partial charge in [-0.05, 0) is 36.8 Å². The van der Waals surface area contributed by atoms with Crippen LogP contribution in [0.4, 0.5) is 0 Å². The lowest BCUT2D eigenvalue weighted by atomic mass is 10.1. The number of aromatic nitrogens is 1. The zero-order chi connectivity index (χ0) is 9.97. The average molecular weight is 191 g/mol. The minimum Gasteiger partial charge on any atom is -0.345 e. The normalized spacial score (nSPS) is 26.6. The first-order valence-corrected chi connectivity index (χ1v) is 5.40. The highest BCUT2D eigenvalue weighted by molar-refractivity contribution is 5.72. The highest BCUT2D eigenvalue weighted by atomic mass is 16.1. The highest BCUT2D eigenvalue weighted by Gasteiger charge is 2.21. The number of rotatable bonds is 3. The van der Waals surface area contributed by atoms with Gasteiger partial charge in [0.2, 0.25) is 0 Å². The number of hydrogen-bond acceptors (Lipinski definition) is 1. The fraction of sp³-hybridized carbons (Fsp3) is 0.583. The molecule has 1 aromatic rings. The Morgan fingerprint density at radius 2 is 2.43 bits per heavy atom. The monoisotopic (exact) mass is 191 g/mol. The van der Waals surface area contributed by atoms with Crippen LogP contribution in [-0.2, 0) is 6.54 Å². The van der Waals surface area contributed by atoms with E-state index in [1.54, 1.807) is 0 Å². The Kier molecular flexibility index (Phi) is 2.71. The molecule has 1 fully saturated rings. The van der Waals surface area contributed by atoms with E-state index in [1.807, 2.05) is 18.3 Å².